The Morgan fingerprint density at radius 3 is 2.70 bits per heavy atom. The predicted molar refractivity (Wildman–Crippen MR) is 119 cm³/mol. The van der Waals surface area contributed by atoms with Gasteiger partial charge in [-0.1, -0.05) is 29.8 Å². The van der Waals surface area contributed by atoms with Crippen molar-refractivity contribution in [3.63, 3.8) is 0 Å². The lowest BCUT2D eigenvalue weighted by Gasteiger charge is -2.17. The van der Waals surface area contributed by atoms with E-state index in [-0.39, 0.29) is 5.91 Å². The van der Waals surface area contributed by atoms with Crippen molar-refractivity contribution in [3.05, 3.63) is 75.7 Å². The molecule has 1 N–H and O–H groups in total. The largest absolute Gasteiger partial charge is 0.357 e. The van der Waals surface area contributed by atoms with Crippen LogP contribution < -0.4 is 10.2 Å². The Hall–Kier alpha value is -2.86. The van der Waals surface area contributed by atoms with E-state index in [4.69, 9.17) is 11.6 Å². The Bertz CT molecular complexity index is 1060. The van der Waals surface area contributed by atoms with Gasteiger partial charge in [0.2, 0.25) is 0 Å². The summed E-state index contributed by atoms with van der Waals surface area (Å²) in [6.07, 6.45) is 4.23. The van der Waals surface area contributed by atoms with Crippen LogP contribution in [0.1, 0.15) is 45.7 Å². The van der Waals surface area contributed by atoms with Gasteiger partial charge in [0.25, 0.3) is 5.91 Å². The van der Waals surface area contributed by atoms with Gasteiger partial charge in [-0.05, 0) is 56.0 Å². The second-order valence-corrected chi connectivity index (χ2v) is 8.10. The van der Waals surface area contributed by atoms with Crippen molar-refractivity contribution in [2.24, 2.45) is 0 Å². The highest BCUT2D eigenvalue weighted by Gasteiger charge is 2.19. The maximum atomic E-state index is 12.9. The first kappa shape index (κ1) is 20.4. The zero-order valence-electron chi connectivity index (χ0n) is 17.4. The molecular weight excluding hydrogens is 398 g/mol. The number of aromatic nitrogens is 3. The van der Waals surface area contributed by atoms with Gasteiger partial charge in [-0.25, -0.2) is 4.98 Å². The van der Waals surface area contributed by atoms with Crippen molar-refractivity contribution < 1.29 is 4.79 Å². The number of rotatable bonds is 6. The summed E-state index contributed by atoms with van der Waals surface area (Å²) in [5.74, 6) is 0.870. The molecule has 1 aliphatic heterocycles. The number of carbonyl (C=O) groups is 1. The Morgan fingerprint density at radius 1 is 1.17 bits per heavy atom. The number of amides is 1. The minimum absolute atomic E-state index is 0.116. The molecule has 0 unspecified atom stereocenters. The van der Waals surface area contributed by atoms with Crippen molar-refractivity contribution in [2.45, 2.75) is 39.8 Å². The molecule has 0 radical (unpaired) electrons. The molecule has 1 saturated heterocycles. The van der Waals surface area contributed by atoms with Crippen LogP contribution in [0.3, 0.4) is 0 Å². The number of halogens is 1. The van der Waals surface area contributed by atoms with Gasteiger partial charge in [-0.15, -0.1) is 0 Å². The Labute approximate surface area is 181 Å². The normalized spacial score (nSPS) is 13.6. The quantitative estimate of drug-likeness (QED) is 0.647. The molecule has 0 bridgehead atoms. The maximum absolute atomic E-state index is 12.9. The molecule has 1 aromatic carbocycles. The van der Waals surface area contributed by atoms with Gasteiger partial charge in [-0.3, -0.25) is 9.48 Å². The maximum Gasteiger partial charge on any atom is 0.255 e. The summed E-state index contributed by atoms with van der Waals surface area (Å²) in [6.45, 7) is 6.87. The van der Waals surface area contributed by atoms with Gasteiger partial charge in [0.15, 0.2) is 0 Å². The van der Waals surface area contributed by atoms with Gasteiger partial charge >= 0.3 is 0 Å². The average Bonchev–Trinajstić information content (AvgIpc) is 3.37. The van der Waals surface area contributed by atoms with Crippen LogP contribution >= 0.6 is 11.6 Å². The number of pyridine rings is 1. The molecule has 2 aromatic heterocycles. The van der Waals surface area contributed by atoms with E-state index in [1.807, 2.05) is 55.1 Å². The molecule has 0 aliphatic carbocycles. The topological polar surface area (TPSA) is 63.1 Å². The third-order valence-electron chi connectivity index (χ3n) is 5.58. The van der Waals surface area contributed by atoms with Crippen LogP contribution in [0, 0.1) is 13.8 Å². The van der Waals surface area contributed by atoms with E-state index in [2.05, 4.69) is 26.4 Å². The van der Waals surface area contributed by atoms with Crippen LogP contribution in [-0.2, 0) is 13.1 Å². The fourth-order valence-corrected chi connectivity index (χ4v) is 4.12. The van der Waals surface area contributed by atoms with Crippen molar-refractivity contribution in [3.8, 4) is 0 Å². The summed E-state index contributed by atoms with van der Waals surface area (Å²) in [5, 5.41) is 8.31. The molecule has 3 heterocycles. The molecule has 0 spiro atoms. The van der Waals surface area contributed by atoms with Crippen molar-refractivity contribution >= 4 is 23.3 Å². The van der Waals surface area contributed by atoms with Crippen molar-refractivity contribution in [1.82, 2.24) is 20.1 Å². The van der Waals surface area contributed by atoms with E-state index >= 15 is 0 Å². The number of nitrogens with one attached hydrogen (secondary N) is 1. The Morgan fingerprint density at radius 2 is 1.93 bits per heavy atom. The number of carbonyl (C=O) groups excluding carboxylic acids is 1. The van der Waals surface area contributed by atoms with Gasteiger partial charge in [0, 0.05) is 36.5 Å². The molecule has 30 heavy (non-hydrogen) atoms. The molecule has 1 amide bonds. The number of anilines is 1. The second-order valence-electron chi connectivity index (χ2n) is 7.69. The fraction of sp³-hybridized carbons (Fsp3) is 0.348. The lowest BCUT2D eigenvalue weighted by atomic mass is 10.1. The first-order valence-corrected chi connectivity index (χ1v) is 10.7. The highest BCUT2D eigenvalue weighted by atomic mass is 35.5. The standard InChI is InChI=1S/C23H26ClN5O/c1-16-22(17(2)29(27-16)15-19-7-3-4-8-20(19)24)23(30)26-14-18-9-10-25-21(13-18)28-11-5-6-12-28/h3-4,7-10,13H,5-6,11-12,14-15H2,1-2H3,(H,26,30). The van der Waals surface area contributed by atoms with E-state index < -0.39 is 0 Å². The molecule has 0 atom stereocenters. The van der Waals surface area contributed by atoms with E-state index in [9.17, 15) is 4.79 Å². The van der Waals surface area contributed by atoms with E-state index in [0.717, 1.165) is 35.7 Å². The predicted octanol–water partition coefficient (Wildman–Crippen LogP) is 4.13. The Kier molecular flexibility index (Phi) is 6.04. The molecule has 3 aromatic rings. The third-order valence-corrected chi connectivity index (χ3v) is 5.95. The number of hydrogen-bond donors (Lipinski definition) is 1. The molecule has 156 valence electrons. The van der Waals surface area contributed by atoms with Gasteiger partial charge < -0.3 is 10.2 Å². The van der Waals surface area contributed by atoms with Crippen LogP contribution in [-0.4, -0.2) is 33.8 Å². The lowest BCUT2D eigenvalue weighted by Crippen LogP contribution is -2.24. The molecular formula is C23H26ClN5O. The Balaban J connectivity index is 1.46. The molecule has 6 nitrogen and oxygen atoms in total. The summed E-state index contributed by atoms with van der Waals surface area (Å²) in [5.41, 5.74) is 4.18. The number of nitrogens with zero attached hydrogens (tertiary/aromatic N) is 4. The zero-order chi connectivity index (χ0) is 21.1. The van der Waals surface area contributed by atoms with Crippen LogP contribution in [0.4, 0.5) is 5.82 Å². The minimum atomic E-state index is -0.116. The molecule has 0 saturated carbocycles. The summed E-state index contributed by atoms with van der Waals surface area (Å²) in [4.78, 5) is 19.7. The van der Waals surface area contributed by atoms with Crippen molar-refractivity contribution in [2.75, 3.05) is 18.0 Å². The first-order valence-electron chi connectivity index (χ1n) is 10.3. The smallest absolute Gasteiger partial charge is 0.255 e. The van der Waals surface area contributed by atoms with E-state index in [0.29, 0.717) is 29.4 Å². The van der Waals surface area contributed by atoms with Gasteiger partial charge in [0.1, 0.15) is 5.82 Å². The molecule has 4 rings (SSSR count). The monoisotopic (exact) mass is 423 g/mol. The minimum Gasteiger partial charge on any atom is -0.357 e. The summed E-state index contributed by atoms with van der Waals surface area (Å²) in [7, 11) is 0. The van der Waals surface area contributed by atoms with Crippen LogP contribution in [0.2, 0.25) is 5.02 Å². The van der Waals surface area contributed by atoms with Gasteiger partial charge in [-0.2, -0.15) is 5.10 Å². The summed E-state index contributed by atoms with van der Waals surface area (Å²) < 4.78 is 1.84. The van der Waals surface area contributed by atoms with Crippen molar-refractivity contribution in [1.29, 1.82) is 0 Å². The van der Waals surface area contributed by atoms with Crippen LogP contribution in [0.5, 0.6) is 0 Å². The van der Waals surface area contributed by atoms with E-state index in [1.165, 1.54) is 12.8 Å². The highest BCUT2D eigenvalue weighted by molar-refractivity contribution is 6.31. The molecule has 7 heteroatoms. The second kappa shape index (κ2) is 8.88. The summed E-state index contributed by atoms with van der Waals surface area (Å²) >= 11 is 6.28. The number of benzene rings is 1. The third kappa shape index (κ3) is 4.33. The number of hydrogen-bond acceptors (Lipinski definition) is 4. The lowest BCUT2D eigenvalue weighted by molar-refractivity contribution is 0.0949. The van der Waals surface area contributed by atoms with Gasteiger partial charge in [0.05, 0.1) is 17.8 Å². The SMILES string of the molecule is Cc1nn(Cc2ccccc2Cl)c(C)c1C(=O)NCc1ccnc(N2CCCC2)c1. The summed E-state index contributed by atoms with van der Waals surface area (Å²) in [6, 6.07) is 11.7. The first-order chi connectivity index (χ1) is 14.5. The number of aryl methyl sites for hydroxylation is 1. The average molecular weight is 424 g/mol. The van der Waals surface area contributed by atoms with E-state index in [1.54, 1.807) is 0 Å². The fourth-order valence-electron chi connectivity index (χ4n) is 3.93. The van der Waals surface area contributed by atoms with Crippen LogP contribution in [0.15, 0.2) is 42.6 Å². The van der Waals surface area contributed by atoms with Crippen LogP contribution in [0.25, 0.3) is 0 Å². The highest BCUT2D eigenvalue weighted by Crippen LogP contribution is 2.21. The zero-order valence-corrected chi connectivity index (χ0v) is 18.1. The molecule has 1 aliphatic rings. The molecule has 1 fully saturated rings.